The van der Waals surface area contributed by atoms with Gasteiger partial charge in [0.05, 0.1) is 11.8 Å². The minimum atomic E-state index is -0.285. The third kappa shape index (κ3) is 3.77. The topological polar surface area (TPSA) is 59.3 Å². The van der Waals surface area contributed by atoms with Gasteiger partial charge in [-0.3, -0.25) is 9.78 Å². The van der Waals surface area contributed by atoms with E-state index in [2.05, 4.69) is 50.5 Å². The molecule has 0 bridgehead atoms. The van der Waals surface area contributed by atoms with Crippen LogP contribution < -0.4 is 5.43 Å². The van der Waals surface area contributed by atoms with Crippen molar-refractivity contribution in [3.8, 4) is 0 Å². The maximum atomic E-state index is 12.1. The average molecular weight is 354 g/mol. The van der Waals surface area contributed by atoms with Crippen LogP contribution in [0.25, 0.3) is 10.9 Å². The first-order valence-electron chi connectivity index (χ1n) is 8.66. The van der Waals surface area contributed by atoms with Gasteiger partial charge in [-0.15, -0.1) is 0 Å². The molecule has 0 aliphatic heterocycles. The van der Waals surface area contributed by atoms with Crippen LogP contribution in [0.2, 0.25) is 0 Å². The normalized spacial score (nSPS) is 11.1. The number of hydrogen-bond donors (Lipinski definition) is 1. The maximum Gasteiger partial charge on any atom is 0.272 e. The van der Waals surface area contributed by atoms with Gasteiger partial charge < -0.3 is 4.57 Å². The fraction of sp³-hybridized carbons (Fsp3) is 0.0455. The van der Waals surface area contributed by atoms with Crippen molar-refractivity contribution < 1.29 is 4.79 Å². The quantitative estimate of drug-likeness (QED) is 0.437. The van der Waals surface area contributed by atoms with Gasteiger partial charge in [-0.05, 0) is 23.8 Å². The zero-order chi connectivity index (χ0) is 18.5. The summed E-state index contributed by atoms with van der Waals surface area (Å²) in [5.41, 5.74) is 6.33. The standard InChI is InChI=1S/C22H18N4O/c27-22(18-9-6-12-23-13-18)25-24-14-19-16-26(15-17-7-2-1-3-8-17)21-11-5-4-10-20(19)21/h1-14,16H,15H2,(H,25,27)/b24-14+. The van der Waals surface area contributed by atoms with Crippen LogP contribution in [0.1, 0.15) is 21.5 Å². The smallest absolute Gasteiger partial charge is 0.272 e. The van der Waals surface area contributed by atoms with Crippen molar-refractivity contribution in [3.63, 3.8) is 0 Å². The number of benzene rings is 2. The van der Waals surface area contributed by atoms with Gasteiger partial charge in [0, 0.05) is 41.6 Å². The fourth-order valence-corrected chi connectivity index (χ4v) is 3.01. The van der Waals surface area contributed by atoms with Gasteiger partial charge in [-0.25, -0.2) is 5.43 Å². The van der Waals surface area contributed by atoms with Crippen LogP contribution in [0.3, 0.4) is 0 Å². The first kappa shape index (κ1) is 16.7. The molecular weight excluding hydrogens is 336 g/mol. The van der Waals surface area contributed by atoms with E-state index in [1.807, 2.05) is 30.3 Å². The Bertz CT molecular complexity index is 1090. The molecule has 2 aromatic carbocycles. The Morgan fingerprint density at radius 3 is 2.67 bits per heavy atom. The van der Waals surface area contributed by atoms with Gasteiger partial charge in [0.15, 0.2) is 0 Å². The van der Waals surface area contributed by atoms with Gasteiger partial charge >= 0.3 is 0 Å². The number of fused-ring (bicyclic) bond motifs is 1. The molecule has 132 valence electrons. The largest absolute Gasteiger partial charge is 0.342 e. The summed E-state index contributed by atoms with van der Waals surface area (Å²) >= 11 is 0. The molecule has 2 heterocycles. The van der Waals surface area contributed by atoms with E-state index in [0.29, 0.717) is 5.56 Å². The van der Waals surface area contributed by atoms with Crippen molar-refractivity contribution in [2.45, 2.75) is 6.54 Å². The summed E-state index contributed by atoms with van der Waals surface area (Å²) in [6.45, 7) is 0.775. The molecule has 5 nitrogen and oxygen atoms in total. The van der Waals surface area contributed by atoms with Gasteiger partial charge in [-0.2, -0.15) is 5.10 Å². The second-order valence-corrected chi connectivity index (χ2v) is 6.16. The van der Waals surface area contributed by atoms with E-state index in [1.165, 1.54) is 11.8 Å². The van der Waals surface area contributed by atoms with Crippen LogP contribution >= 0.6 is 0 Å². The number of hydrazone groups is 1. The highest BCUT2D eigenvalue weighted by Gasteiger charge is 2.08. The molecule has 0 aliphatic carbocycles. The van der Waals surface area contributed by atoms with Gasteiger partial charge in [0.2, 0.25) is 0 Å². The summed E-state index contributed by atoms with van der Waals surface area (Å²) in [4.78, 5) is 16.0. The van der Waals surface area contributed by atoms with E-state index in [4.69, 9.17) is 0 Å². The predicted molar refractivity (Wildman–Crippen MR) is 107 cm³/mol. The van der Waals surface area contributed by atoms with Crippen molar-refractivity contribution >= 4 is 23.0 Å². The lowest BCUT2D eigenvalue weighted by Gasteiger charge is -2.05. The number of para-hydroxylation sites is 1. The first-order valence-corrected chi connectivity index (χ1v) is 8.66. The number of pyridine rings is 1. The van der Waals surface area contributed by atoms with Crippen LogP contribution in [0.15, 0.2) is 90.4 Å². The minimum absolute atomic E-state index is 0.285. The SMILES string of the molecule is O=C(N/N=C/c1cn(Cc2ccccc2)c2ccccc12)c1cccnc1. The van der Waals surface area contributed by atoms with Crippen molar-refractivity contribution in [2.75, 3.05) is 0 Å². The molecule has 0 saturated heterocycles. The lowest BCUT2D eigenvalue weighted by atomic mass is 10.2. The molecule has 0 spiro atoms. The second kappa shape index (κ2) is 7.66. The zero-order valence-electron chi connectivity index (χ0n) is 14.6. The molecule has 4 aromatic rings. The second-order valence-electron chi connectivity index (χ2n) is 6.16. The van der Waals surface area contributed by atoms with E-state index in [1.54, 1.807) is 24.5 Å². The number of carbonyl (C=O) groups excluding carboxylic acids is 1. The number of rotatable bonds is 5. The molecule has 27 heavy (non-hydrogen) atoms. The zero-order valence-corrected chi connectivity index (χ0v) is 14.6. The number of nitrogens with one attached hydrogen (secondary N) is 1. The Hall–Kier alpha value is -3.73. The Morgan fingerprint density at radius 2 is 1.85 bits per heavy atom. The van der Waals surface area contributed by atoms with E-state index in [0.717, 1.165) is 23.0 Å². The summed E-state index contributed by atoms with van der Waals surface area (Å²) in [5.74, 6) is -0.285. The lowest BCUT2D eigenvalue weighted by Crippen LogP contribution is -2.17. The molecule has 0 unspecified atom stereocenters. The summed E-state index contributed by atoms with van der Waals surface area (Å²) in [6.07, 6.45) is 6.87. The van der Waals surface area contributed by atoms with Crippen molar-refractivity contribution in [2.24, 2.45) is 5.10 Å². The summed E-state index contributed by atoms with van der Waals surface area (Å²) < 4.78 is 2.19. The van der Waals surface area contributed by atoms with Gasteiger partial charge in [0.1, 0.15) is 0 Å². The Kier molecular flexibility index (Phi) is 4.74. The first-order chi connectivity index (χ1) is 13.3. The number of nitrogens with zero attached hydrogens (tertiary/aromatic N) is 3. The third-order valence-corrected chi connectivity index (χ3v) is 4.31. The number of hydrogen-bond acceptors (Lipinski definition) is 3. The number of amides is 1. The summed E-state index contributed by atoms with van der Waals surface area (Å²) in [6, 6.07) is 21.9. The van der Waals surface area contributed by atoms with Crippen LogP contribution in [0, 0.1) is 0 Å². The third-order valence-electron chi connectivity index (χ3n) is 4.31. The minimum Gasteiger partial charge on any atom is -0.342 e. The molecule has 1 amide bonds. The van der Waals surface area contributed by atoms with Gasteiger partial charge in [0.25, 0.3) is 5.91 Å². The number of carbonyl (C=O) groups is 1. The Morgan fingerprint density at radius 1 is 1.04 bits per heavy atom. The molecule has 0 radical (unpaired) electrons. The summed E-state index contributed by atoms with van der Waals surface area (Å²) in [7, 11) is 0. The van der Waals surface area contributed by atoms with Crippen LogP contribution in [-0.4, -0.2) is 21.7 Å². The lowest BCUT2D eigenvalue weighted by molar-refractivity contribution is 0.0955. The van der Waals surface area contributed by atoms with Crippen LogP contribution in [0.5, 0.6) is 0 Å². The average Bonchev–Trinajstić information content (AvgIpc) is 3.07. The Balaban J connectivity index is 1.57. The van der Waals surface area contributed by atoms with Crippen LogP contribution in [0.4, 0.5) is 0 Å². The monoisotopic (exact) mass is 354 g/mol. The fourth-order valence-electron chi connectivity index (χ4n) is 3.01. The predicted octanol–water partition coefficient (Wildman–Crippen LogP) is 3.85. The molecule has 1 N–H and O–H groups in total. The Labute approximate surface area is 157 Å². The molecule has 0 fully saturated rings. The van der Waals surface area contributed by atoms with E-state index >= 15 is 0 Å². The summed E-state index contributed by atoms with van der Waals surface area (Å²) in [5, 5.41) is 5.21. The number of aromatic nitrogens is 2. The molecular formula is C22H18N4O. The van der Waals surface area contributed by atoms with Crippen LogP contribution in [-0.2, 0) is 6.54 Å². The van der Waals surface area contributed by atoms with Crippen molar-refractivity contribution in [1.29, 1.82) is 0 Å². The molecule has 0 saturated carbocycles. The maximum absolute atomic E-state index is 12.1. The van der Waals surface area contributed by atoms with Crippen molar-refractivity contribution in [1.82, 2.24) is 15.0 Å². The molecule has 4 rings (SSSR count). The van der Waals surface area contributed by atoms with Gasteiger partial charge in [-0.1, -0.05) is 48.5 Å². The van der Waals surface area contributed by atoms with E-state index < -0.39 is 0 Å². The highest BCUT2D eigenvalue weighted by Crippen LogP contribution is 2.21. The molecule has 0 atom stereocenters. The molecule has 0 aliphatic rings. The molecule has 5 heteroatoms. The van der Waals surface area contributed by atoms with E-state index in [9.17, 15) is 4.79 Å². The highest BCUT2D eigenvalue weighted by atomic mass is 16.2. The molecule has 2 aromatic heterocycles. The highest BCUT2D eigenvalue weighted by molar-refractivity contribution is 6.00. The van der Waals surface area contributed by atoms with Crippen molar-refractivity contribution in [3.05, 3.63) is 102 Å². The van der Waals surface area contributed by atoms with E-state index in [-0.39, 0.29) is 5.91 Å².